The highest BCUT2D eigenvalue weighted by molar-refractivity contribution is 14.0. The molecule has 6 heteroatoms. The lowest BCUT2D eigenvalue weighted by atomic mass is 9.88. The Morgan fingerprint density at radius 3 is 2.36 bits per heavy atom. The zero-order valence-electron chi connectivity index (χ0n) is 15.7. The number of oxazole rings is 1. The molecule has 1 heterocycles. The van der Waals surface area contributed by atoms with Gasteiger partial charge in [0, 0.05) is 19.5 Å². The van der Waals surface area contributed by atoms with Crippen molar-refractivity contribution in [2.45, 2.75) is 40.2 Å². The number of halogens is 1. The number of nitrogens with one attached hydrogen (secondary N) is 2. The van der Waals surface area contributed by atoms with Crippen LogP contribution in [0.3, 0.4) is 0 Å². The maximum atomic E-state index is 5.59. The zero-order valence-corrected chi connectivity index (χ0v) is 18.0. The van der Waals surface area contributed by atoms with Crippen LogP contribution in [0, 0.1) is 19.8 Å². The molecule has 1 aromatic carbocycles. The first-order chi connectivity index (χ1) is 11.5. The third kappa shape index (κ3) is 6.34. The molecule has 1 atom stereocenters. The van der Waals surface area contributed by atoms with Crippen molar-refractivity contribution in [1.82, 2.24) is 15.6 Å². The van der Waals surface area contributed by atoms with E-state index < -0.39 is 0 Å². The van der Waals surface area contributed by atoms with Gasteiger partial charge in [-0.2, -0.15) is 0 Å². The van der Waals surface area contributed by atoms with Gasteiger partial charge in [-0.3, -0.25) is 4.99 Å². The van der Waals surface area contributed by atoms with Gasteiger partial charge in [-0.25, -0.2) is 4.98 Å². The van der Waals surface area contributed by atoms with E-state index in [1.165, 1.54) is 5.56 Å². The molecule has 0 aliphatic rings. The molecule has 0 amide bonds. The summed E-state index contributed by atoms with van der Waals surface area (Å²) in [6.07, 6.45) is 0. The molecule has 0 saturated carbocycles. The van der Waals surface area contributed by atoms with Gasteiger partial charge in [0.15, 0.2) is 5.96 Å². The summed E-state index contributed by atoms with van der Waals surface area (Å²) in [5.41, 5.74) is 2.27. The Labute approximate surface area is 167 Å². The molecule has 0 saturated heterocycles. The van der Waals surface area contributed by atoms with E-state index in [1.54, 1.807) is 7.05 Å². The third-order valence-electron chi connectivity index (χ3n) is 4.23. The molecule has 5 nitrogen and oxygen atoms in total. The van der Waals surface area contributed by atoms with Crippen molar-refractivity contribution in [3.05, 3.63) is 53.2 Å². The van der Waals surface area contributed by atoms with E-state index in [9.17, 15) is 0 Å². The molecule has 0 fully saturated rings. The number of guanidine groups is 1. The van der Waals surface area contributed by atoms with Crippen LogP contribution in [0.5, 0.6) is 0 Å². The Morgan fingerprint density at radius 2 is 1.84 bits per heavy atom. The van der Waals surface area contributed by atoms with Crippen molar-refractivity contribution >= 4 is 29.9 Å². The van der Waals surface area contributed by atoms with Crippen molar-refractivity contribution in [2.24, 2.45) is 10.9 Å². The number of aryl methyl sites for hydroxylation is 2. The van der Waals surface area contributed by atoms with E-state index in [0.717, 1.165) is 24.0 Å². The maximum absolute atomic E-state index is 5.59. The molecule has 138 valence electrons. The Morgan fingerprint density at radius 1 is 1.16 bits per heavy atom. The lowest BCUT2D eigenvalue weighted by molar-refractivity contribution is 0.460. The summed E-state index contributed by atoms with van der Waals surface area (Å²) < 4.78 is 5.59. The standard InChI is InChI=1S/C19H28N4O.HI/c1-13(2)17(16-9-7-6-8-10-16)11-21-19(20-5)22-12-18-23-14(3)15(4)24-18;/h6-10,13,17H,11-12H2,1-5H3,(H2,20,21,22);1H. The highest BCUT2D eigenvalue weighted by Crippen LogP contribution is 2.23. The fourth-order valence-corrected chi connectivity index (χ4v) is 2.64. The van der Waals surface area contributed by atoms with E-state index in [-0.39, 0.29) is 24.0 Å². The summed E-state index contributed by atoms with van der Waals surface area (Å²) in [5, 5.41) is 6.67. The summed E-state index contributed by atoms with van der Waals surface area (Å²) in [5.74, 6) is 3.26. The smallest absolute Gasteiger partial charge is 0.214 e. The average molecular weight is 456 g/mol. The van der Waals surface area contributed by atoms with Crippen LogP contribution >= 0.6 is 24.0 Å². The van der Waals surface area contributed by atoms with Crippen LogP contribution in [-0.2, 0) is 6.54 Å². The first-order valence-electron chi connectivity index (χ1n) is 8.43. The Balaban J connectivity index is 0.00000312. The molecule has 2 aromatic rings. The highest BCUT2D eigenvalue weighted by Gasteiger charge is 2.16. The van der Waals surface area contributed by atoms with Gasteiger partial charge in [-0.15, -0.1) is 24.0 Å². The van der Waals surface area contributed by atoms with Crippen molar-refractivity contribution in [3.63, 3.8) is 0 Å². The summed E-state index contributed by atoms with van der Waals surface area (Å²) in [6, 6.07) is 10.6. The van der Waals surface area contributed by atoms with Crippen LogP contribution in [0.1, 0.15) is 42.7 Å². The lowest BCUT2D eigenvalue weighted by Gasteiger charge is -2.23. The predicted octanol–water partition coefficient (Wildman–Crippen LogP) is 4.01. The zero-order chi connectivity index (χ0) is 17.5. The molecule has 1 unspecified atom stereocenters. The molecule has 0 radical (unpaired) electrons. The lowest BCUT2D eigenvalue weighted by Crippen LogP contribution is -2.39. The fourth-order valence-electron chi connectivity index (χ4n) is 2.64. The Bertz CT molecular complexity index is 648. The van der Waals surface area contributed by atoms with Crippen LogP contribution < -0.4 is 10.6 Å². The van der Waals surface area contributed by atoms with Gasteiger partial charge in [0.25, 0.3) is 0 Å². The molecule has 0 spiro atoms. The normalized spacial score (nSPS) is 12.6. The minimum absolute atomic E-state index is 0. The van der Waals surface area contributed by atoms with Gasteiger partial charge in [-0.1, -0.05) is 44.2 Å². The largest absolute Gasteiger partial charge is 0.444 e. The molecule has 0 aliphatic heterocycles. The van der Waals surface area contributed by atoms with Gasteiger partial charge in [0.2, 0.25) is 5.89 Å². The van der Waals surface area contributed by atoms with Crippen LogP contribution in [0.4, 0.5) is 0 Å². The number of benzene rings is 1. The summed E-state index contributed by atoms with van der Waals surface area (Å²) in [6.45, 7) is 9.70. The van der Waals surface area contributed by atoms with Crippen molar-refractivity contribution in [1.29, 1.82) is 0 Å². The minimum Gasteiger partial charge on any atom is -0.444 e. The molecule has 25 heavy (non-hydrogen) atoms. The number of nitrogens with zero attached hydrogens (tertiary/aromatic N) is 2. The van der Waals surface area contributed by atoms with E-state index in [0.29, 0.717) is 24.3 Å². The van der Waals surface area contributed by atoms with Crippen LogP contribution in [0.15, 0.2) is 39.7 Å². The van der Waals surface area contributed by atoms with Crippen LogP contribution in [0.2, 0.25) is 0 Å². The molecule has 2 rings (SSSR count). The SMILES string of the molecule is CN=C(NCc1nc(C)c(C)o1)NCC(c1ccccc1)C(C)C.I. The van der Waals surface area contributed by atoms with Gasteiger partial charge >= 0.3 is 0 Å². The third-order valence-corrected chi connectivity index (χ3v) is 4.23. The Hall–Kier alpha value is -1.57. The first kappa shape index (κ1) is 21.5. The van der Waals surface area contributed by atoms with Crippen molar-refractivity contribution in [2.75, 3.05) is 13.6 Å². The quantitative estimate of drug-likeness (QED) is 0.392. The molecule has 0 bridgehead atoms. The molecule has 1 aromatic heterocycles. The van der Waals surface area contributed by atoms with Gasteiger partial charge in [-0.05, 0) is 25.3 Å². The maximum Gasteiger partial charge on any atom is 0.214 e. The molecular formula is C19H29IN4O. The summed E-state index contributed by atoms with van der Waals surface area (Å²) in [4.78, 5) is 8.66. The number of aromatic nitrogens is 1. The van der Waals surface area contributed by atoms with E-state index in [4.69, 9.17) is 4.42 Å². The number of hydrogen-bond donors (Lipinski definition) is 2. The van der Waals surface area contributed by atoms with Crippen LogP contribution in [0.25, 0.3) is 0 Å². The second-order valence-corrected chi connectivity index (χ2v) is 6.32. The van der Waals surface area contributed by atoms with Crippen molar-refractivity contribution in [3.8, 4) is 0 Å². The molecule has 2 N–H and O–H groups in total. The van der Waals surface area contributed by atoms with Gasteiger partial charge in [0.05, 0.1) is 12.2 Å². The van der Waals surface area contributed by atoms with E-state index >= 15 is 0 Å². The second kappa shape index (κ2) is 10.4. The topological polar surface area (TPSA) is 62.5 Å². The fraction of sp³-hybridized carbons (Fsp3) is 0.474. The van der Waals surface area contributed by atoms with Crippen LogP contribution in [-0.4, -0.2) is 24.5 Å². The number of aliphatic imine (C=N–C) groups is 1. The van der Waals surface area contributed by atoms with E-state index in [2.05, 4.69) is 64.8 Å². The average Bonchev–Trinajstić information content (AvgIpc) is 2.89. The predicted molar refractivity (Wildman–Crippen MR) is 114 cm³/mol. The molecule has 0 aliphatic carbocycles. The van der Waals surface area contributed by atoms with E-state index in [1.807, 2.05) is 13.8 Å². The van der Waals surface area contributed by atoms with Gasteiger partial charge < -0.3 is 15.1 Å². The van der Waals surface area contributed by atoms with Crippen molar-refractivity contribution < 1.29 is 4.42 Å². The summed E-state index contributed by atoms with van der Waals surface area (Å²) >= 11 is 0. The molecular weight excluding hydrogens is 427 g/mol. The second-order valence-electron chi connectivity index (χ2n) is 6.32. The van der Waals surface area contributed by atoms with Gasteiger partial charge in [0.1, 0.15) is 5.76 Å². The number of hydrogen-bond acceptors (Lipinski definition) is 3. The highest BCUT2D eigenvalue weighted by atomic mass is 127. The summed E-state index contributed by atoms with van der Waals surface area (Å²) in [7, 11) is 1.77. The Kier molecular flexibility index (Phi) is 8.96. The minimum atomic E-state index is 0. The first-order valence-corrected chi connectivity index (χ1v) is 8.43. The number of rotatable bonds is 6. The monoisotopic (exact) mass is 456 g/mol.